The fourth-order valence-corrected chi connectivity index (χ4v) is 4.72. The molecule has 2 aliphatic rings. The van der Waals surface area contributed by atoms with E-state index < -0.39 is 6.09 Å². The molecule has 2 N–H and O–H groups in total. The lowest BCUT2D eigenvalue weighted by Crippen LogP contribution is -2.32. The first-order chi connectivity index (χ1) is 14.5. The van der Waals surface area contributed by atoms with Crippen molar-refractivity contribution < 1.29 is 14.7 Å². The van der Waals surface area contributed by atoms with Gasteiger partial charge in [0.1, 0.15) is 0 Å². The maximum Gasteiger partial charge on any atom is 0.404 e. The lowest BCUT2D eigenvalue weighted by molar-refractivity contribution is -0.120. The van der Waals surface area contributed by atoms with Gasteiger partial charge in [0, 0.05) is 40.9 Å². The van der Waals surface area contributed by atoms with Crippen molar-refractivity contribution in [2.24, 2.45) is 0 Å². The number of hydrogen-bond donors (Lipinski definition) is 2. The van der Waals surface area contributed by atoms with Crippen LogP contribution in [0.1, 0.15) is 30.5 Å². The Kier molecular flexibility index (Phi) is 4.43. The number of aromatic nitrogens is 2. The summed E-state index contributed by atoms with van der Waals surface area (Å²) in [5, 5.41) is 12.9. The van der Waals surface area contributed by atoms with Crippen LogP contribution < -0.4 is 10.2 Å². The highest BCUT2D eigenvalue weighted by Crippen LogP contribution is 2.57. The largest absolute Gasteiger partial charge is 0.465 e. The van der Waals surface area contributed by atoms with Crippen LogP contribution in [0.2, 0.25) is 5.02 Å². The lowest BCUT2D eigenvalue weighted by Gasteiger charge is -2.20. The van der Waals surface area contributed by atoms with Crippen LogP contribution in [0.25, 0.3) is 10.9 Å². The Morgan fingerprint density at radius 2 is 2.10 bits per heavy atom. The monoisotopic (exact) mass is 424 g/mol. The van der Waals surface area contributed by atoms with E-state index in [2.05, 4.69) is 20.9 Å². The molecular weight excluding hydrogens is 404 g/mol. The molecule has 0 unspecified atom stereocenters. The number of benzene rings is 1. The van der Waals surface area contributed by atoms with Gasteiger partial charge < -0.3 is 19.9 Å². The summed E-state index contributed by atoms with van der Waals surface area (Å²) in [4.78, 5) is 30.1. The Bertz CT molecular complexity index is 1170. The van der Waals surface area contributed by atoms with Crippen molar-refractivity contribution in [2.75, 3.05) is 11.4 Å². The molecule has 3 aromatic rings. The molecule has 7 nitrogen and oxygen atoms in total. The fraction of sp³-hybridized carbons (Fsp3) is 0.318. The number of carboxylic acid groups (broad SMARTS) is 1. The average Bonchev–Trinajstić information content (AvgIpc) is 3.42. The van der Waals surface area contributed by atoms with Crippen molar-refractivity contribution in [1.82, 2.24) is 14.9 Å². The molecule has 1 aromatic carbocycles. The second-order valence-electron chi connectivity index (χ2n) is 7.94. The number of nitrogens with zero attached hydrogens (tertiary/aromatic N) is 3. The number of aryl methyl sites for hydroxylation is 1. The molecule has 1 spiro atoms. The van der Waals surface area contributed by atoms with E-state index in [4.69, 9.17) is 16.7 Å². The first kappa shape index (κ1) is 18.9. The van der Waals surface area contributed by atoms with Crippen LogP contribution in [0.5, 0.6) is 0 Å². The zero-order valence-electron chi connectivity index (χ0n) is 16.3. The van der Waals surface area contributed by atoms with Gasteiger partial charge >= 0.3 is 6.09 Å². The number of anilines is 1. The number of hydrogen-bond acceptors (Lipinski definition) is 3. The summed E-state index contributed by atoms with van der Waals surface area (Å²) in [5.74, 6) is 0.146. The van der Waals surface area contributed by atoms with Gasteiger partial charge in [-0.2, -0.15) is 0 Å². The fourth-order valence-electron chi connectivity index (χ4n) is 4.54. The second-order valence-corrected chi connectivity index (χ2v) is 8.38. The standard InChI is InChI=1S/C22H21ClN4O3/c23-15-2-3-18-14(10-15)11-16(26(18)9-1-7-25-21(29)30)13-27-19-12-24-8-4-17(19)22(5-6-22)20(27)28/h2-4,8,10-12,25H,1,5-7,9,13H2,(H,29,30). The number of amides is 2. The van der Waals surface area contributed by atoms with E-state index in [1.807, 2.05) is 29.2 Å². The SMILES string of the molecule is O=C(O)NCCCn1c(CN2C(=O)C3(CC3)c3ccncc32)cc2cc(Cl)ccc21. The summed E-state index contributed by atoms with van der Waals surface area (Å²) < 4.78 is 2.15. The molecule has 1 fully saturated rings. The Morgan fingerprint density at radius 3 is 2.87 bits per heavy atom. The van der Waals surface area contributed by atoms with Gasteiger partial charge in [-0.3, -0.25) is 9.78 Å². The van der Waals surface area contributed by atoms with E-state index in [0.717, 1.165) is 40.7 Å². The summed E-state index contributed by atoms with van der Waals surface area (Å²) in [7, 11) is 0. The van der Waals surface area contributed by atoms with E-state index >= 15 is 0 Å². The third-order valence-electron chi connectivity index (χ3n) is 6.11. The summed E-state index contributed by atoms with van der Waals surface area (Å²) in [6, 6.07) is 9.75. The first-order valence-corrected chi connectivity index (χ1v) is 10.4. The van der Waals surface area contributed by atoms with Crippen LogP contribution in [0, 0.1) is 0 Å². The van der Waals surface area contributed by atoms with E-state index in [1.165, 1.54) is 0 Å². The summed E-state index contributed by atoms with van der Waals surface area (Å²) in [6.07, 6.45) is 4.92. The molecule has 0 radical (unpaired) electrons. The van der Waals surface area contributed by atoms with Crippen molar-refractivity contribution in [3.05, 3.63) is 59.0 Å². The van der Waals surface area contributed by atoms with E-state index in [0.29, 0.717) is 31.1 Å². The van der Waals surface area contributed by atoms with Gasteiger partial charge in [0.2, 0.25) is 5.91 Å². The molecular formula is C22H21ClN4O3. The number of halogens is 1. The van der Waals surface area contributed by atoms with Gasteiger partial charge in [-0.05, 0) is 55.2 Å². The minimum Gasteiger partial charge on any atom is -0.465 e. The number of carbonyl (C=O) groups is 2. The average molecular weight is 425 g/mol. The van der Waals surface area contributed by atoms with Crippen molar-refractivity contribution >= 4 is 40.2 Å². The molecule has 2 amide bonds. The number of pyridine rings is 1. The second kappa shape index (κ2) is 7.02. The van der Waals surface area contributed by atoms with E-state index in [-0.39, 0.29) is 11.3 Å². The van der Waals surface area contributed by atoms with Crippen molar-refractivity contribution in [1.29, 1.82) is 0 Å². The van der Waals surface area contributed by atoms with Crippen molar-refractivity contribution in [3.8, 4) is 0 Å². The number of nitrogens with one attached hydrogen (secondary N) is 1. The molecule has 8 heteroatoms. The summed E-state index contributed by atoms with van der Waals surface area (Å²) in [6.45, 7) is 1.44. The first-order valence-electron chi connectivity index (χ1n) is 10.0. The normalized spacial score (nSPS) is 16.3. The zero-order chi connectivity index (χ0) is 20.9. The van der Waals surface area contributed by atoms with Gasteiger partial charge in [0.15, 0.2) is 0 Å². The Morgan fingerprint density at radius 1 is 1.27 bits per heavy atom. The highest BCUT2D eigenvalue weighted by atomic mass is 35.5. The smallest absolute Gasteiger partial charge is 0.404 e. The molecule has 2 aromatic heterocycles. The minimum atomic E-state index is -1.03. The van der Waals surface area contributed by atoms with E-state index in [1.54, 1.807) is 12.4 Å². The Hall–Kier alpha value is -3.06. The molecule has 0 bridgehead atoms. The molecule has 0 saturated heterocycles. The van der Waals surface area contributed by atoms with Crippen LogP contribution >= 0.6 is 11.6 Å². The highest BCUT2D eigenvalue weighted by molar-refractivity contribution is 6.31. The maximum atomic E-state index is 13.3. The van der Waals surface area contributed by atoms with Crippen LogP contribution in [0.3, 0.4) is 0 Å². The number of rotatable bonds is 6. The van der Waals surface area contributed by atoms with Crippen LogP contribution in [-0.4, -0.2) is 33.2 Å². The molecule has 30 heavy (non-hydrogen) atoms. The molecule has 0 atom stereocenters. The summed E-state index contributed by atoms with van der Waals surface area (Å²) in [5.41, 5.74) is 3.62. The minimum absolute atomic E-state index is 0.146. The van der Waals surface area contributed by atoms with Gasteiger partial charge in [0.25, 0.3) is 0 Å². The van der Waals surface area contributed by atoms with Crippen molar-refractivity contribution in [2.45, 2.75) is 37.8 Å². The highest BCUT2D eigenvalue weighted by Gasteiger charge is 2.59. The predicted molar refractivity (Wildman–Crippen MR) is 114 cm³/mol. The van der Waals surface area contributed by atoms with E-state index in [9.17, 15) is 9.59 Å². The molecule has 5 rings (SSSR count). The number of fused-ring (bicyclic) bond motifs is 3. The third-order valence-corrected chi connectivity index (χ3v) is 6.35. The van der Waals surface area contributed by atoms with Gasteiger partial charge in [-0.25, -0.2) is 4.79 Å². The van der Waals surface area contributed by atoms with Crippen LogP contribution in [-0.2, 0) is 23.3 Å². The van der Waals surface area contributed by atoms with Gasteiger partial charge in [-0.15, -0.1) is 0 Å². The topological polar surface area (TPSA) is 87.5 Å². The molecule has 3 heterocycles. The predicted octanol–water partition coefficient (Wildman–Crippen LogP) is 3.93. The van der Waals surface area contributed by atoms with Crippen LogP contribution in [0.4, 0.5) is 10.5 Å². The molecule has 154 valence electrons. The lowest BCUT2D eigenvalue weighted by atomic mass is 9.99. The van der Waals surface area contributed by atoms with Gasteiger partial charge in [-0.1, -0.05) is 11.6 Å². The maximum absolute atomic E-state index is 13.3. The number of carbonyl (C=O) groups excluding carboxylic acids is 1. The summed E-state index contributed by atoms with van der Waals surface area (Å²) >= 11 is 6.19. The molecule has 1 saturated carbocycles. The molecule has 1 aliphatic heterocycles. The molecule has 1 aliphatic carbocycles. The quantitative estimate of drug-likeness (QED) is 0.587. The Labute approximate surface area is 178 Å². The Balaban J connectivity index is 1.49. The van der Waals surface area contributed by atoms with Crippen LogP contribution in [0.15, 0.2) is 42.7 Å². The van der Waals surface area contributed by atoms with Gasteiger partial charge in [0.05, 0.1) is 23.8 Å². The zero-order valence-corrected chi connectivity index (χ0v) is 17.0. The third kappa shape index (κ3) is 3.01. The van der Waals surface area contributed by atoms with Crippen molar-refractivity contribution in [3.63, 3.8) is 0 Å².